The average Bonchev–Trinajstić information content (AvgIpc) is 3.09. The number of amides is 4. The summed E-state index contributed by atoms with van der Waals surface area (Å²) in [4.78, 5) is 48.2. The second-order valence-corrected chi connectivity index (χ2v) is 8.90. The second kappa shape index (κ2) is 10.6. The number of ether oxygens (including phenoxy) is 1. The Bertz CT molecular complexity index is 993. The SMILES string of the molecule is CC1CCCCC1NC(=O)NC(=O)COC(=O)CNC(=O)c1sc2ccccc2c1Cl. The quantitative estimate of drug-likeness (QED) is 0.567. The van der Waals surface area contributed by atoms with Gasteiger partial charge < -0.3 is 15.4 Å². The number of esters is 1. The van der Waals surface area contributed by atoms with Gasteiger partial charge in [-0.25, -0.2) is 4.79 Å². The van der Waals surface area contributed by atoms with Crippen molar-refractivity contribution in [3.63, 3.8) is 0 Å². The molecule has 166 valence electrons. The average molecular weight is 466 g/mol. The van der Waals surface area contributed by atoms with Gasteiger partial charge in [-0.2, -0.15) is 0 Å². The summed E-state index contributed by atoms with van der Waals surface area (Å²) in [6, 6.07) is 6.74. The zero-order chi connectivity index (χ0) is 22.4. The van der Waals surface area contributed by atoms with Crippen LogP contribution in [0.1, 0.15) is 42.3 Å². The first-order chi connectivity index (χ1) is 14.8. The van der Waals surface area contributed by atoms with Gasteiger partial charge in [-0.05, 0) is 24.8 Å². The van der Waals surface area contributed by atoms with E-state index in [1.54, 1.807) is 0 Å². The number of hydrogen-bond acceptors (Lipinski definition) is 6. The molecule has 2 aromatic rings. The van der Waals surface area contributed by atoms with Crippen LogP contribution in [0.2, 0.25) is 5.02 Å². The summed E-state index contributed by atoms with van der Waals surface area (Å²) in [5.41, 5.74) is 0. The lowest BCUT2D eigenvalue weighted by atomic mass is 9.86. The summed E-state index contributed by atoms with van der Waals surface area (Å²) in [7, 11) is 0. The Morgan fingerprint density at radius 3 is 2.65 bits per heavy atom. The van der Waals surface area contributed by atoms with Gasteiger partial charge in [0, 0.05) is 16.1 Å². The Hall–Kier alpha value is -2.65. The molecule has 2 atom stereocenters. The normalized spacial score (nSPS) is 18.3. The molecule has 31 heavy (non-hydrogen) atoms. The lowest BCUT2D eigenvalue weighted by Crippen LogP contribution is -2.48. The molecule has 1 aliphatic rings. The van der Waals surface area contributed by atoms with Gasteiger partial charge >= 0.3 is 12.0 Å². The Morgan fingerprint density at radius 2 is 1.90 bits per heavy atom. The van der Waals surface area contributed by atoms with Gasteiger partial charge in [0.25, 0.3) is 11.8 Å². The molecule has 10 heteroatoms. The molecule has 1 aliphatic carbocycles. The smallest absolute Gasteiger partial charge is 0.325 e. The molecule has 2 unspecified atom stereocenters. The largest absolute Gasteiger partial charge is 0.454 e. The minimum Gasteiger partial charge on any atom is -0.454 e. The van der Waals surface area contributed by atoms with Crippen LogP contribution in [-0.4, -0.2) is 43.0 Å². The number of hydrogen-bond donors (Lipinski definition) is 3. The summed E-state index contributed by atoms with van der Waals surface area (Å²) >= 11 is 7.46. The van der Waals surface area contributed by atoms with Crippen molar-refractivity contribution in [2.24, 2.45) is 5.92 Å². The first kappa shape index (κ1) is 23.0. The van der Waals surface area contributed by atoms with Crippen LogP contribution in [0, 0.1) is 5.92 Å². The number of benzene rings is 1. The van der Waals surface area contributed by atoms with E-state index in [0.29, 0.717) is 15.8 Å². The summed E-state index contributed by atoms with van der Waals surface area (Å²) in [5, 5.41) is 8.44. The van der Waals surface area contributed by atoms with Gasteiger partial charge in [0.2, 0.25) is 0 Å². The Kier molecular flexibility index (Phi) is 7.86. The standard InChI is InChI=1S/C21H24ClN3O5S/c1-12-6-2-4-8-14(12)24-21(29)25-16(26)11-30-17(27)10-23-20(28)19-18(22)13-7-3-5-9-15(13)31-19/h3,5,7,9,12,14H,2,4,6,8,10-11H2,1H3,(H,23,28)(H2,24,25,26,29). The van der Waals surface area contributed by atoms with E-state index in [-0.39, 0.29) is 6.04 Å². The van der Waals surface area contributed by atoms with Crippen LogP contribution in [0.15, 0.2) is 24.3 Å². The predicted octanol–water partition coefficient (Wildman–Crippen LogP) is 3.23. The number of rotatable bonds is 6. The number of urea groups is 1. The highest BCUT2D eigenvalue weighted by atomic mass is 35.5. The van der Waals surface area contributed by atoms with Crippen LogP contribution in [0.5, 0.6) is 0 Å². The van der Waals surface area contributed by atoms with Gasteiger partial charge in [0.05, 0.1) is 5.02 Å². The van der Waals surface area contributed by atoms with E-state index < -0.39 is 37.0 Å². The van der Waals surface area contributed by atoms with E-state index in [1.165, 1.54) is 11.3 Å². The van der Waals surface area contributed by atoms with Gasteiger partial charge in [-0.3, -0.25) is 19.7 Å². The molecule has 0 radical (unpaired) electrons. The monoisotopic (exact) mass is 465 g/mol. The molecule has 1 aromatic heterocycles. The Morgan fingerprint density at radius 1 is 1.16 bits per heavy atom. The van der Waals surface area contributed by atoms with Crippen molar-refractivity contribution in [3.8, 4) is 0 Å². The number of carbonyl (C=O) groups is 4. The molecule has 0 bridgehead atoms. The molecule has 4 amide bonds. The zero-order valence-corrected chi connectivity index (χ0v) is 18.6. The van der Waals surface area contributed by atoms with E-state index in [9.17, 15) is 19.2 Å². The fourth-order valence-electron chi connectivity index (χ4n) is 3.49. The molecule has 0 aliphatic heterocycles. The lowest BCUT2D eigenvalue weighted by molar-refractivity contribution is -0.147. The maximum Gasteiger partial charge on any atom is 0.325 e. The Labute approximate surface area is 188 Å². The minimum atomic E-state index is -0.804. The maximum atomic E-state index is 12.3. The first-order valence-electron chi connectivity index (χ1n) is 10.1. The topological polar surface area (TPSA) is 114 Å². The summed E-state index contributed by atoms with van der Waals surface area (Å²) in [5.74, 6) is -1.70. The van der Waals surface area contributed by atoms with Gasteiger partial charge in [0.15, 0.2) is 6.61 Å². The van der Waals surface area contributed by atoms with Crippen LogP contribution < -0.4 is 16.0 Å². The van der Waals surface area contributed by atoms with Crippen molar-refractivity contribution in [3.05, 3.63) is 34.2 Å². The first-order valence-corrected chi connectivity index (χ1v) is 11.3. The molecular weight excluding hydrogens is 442 g/mol. The molecule has 3 rings (SSSR count). The zero-order valence-electron chi connectivity index (χ0n) is 17.0. The van der Waals surface area contributed by atoms with E-state index >= 15 is 0 Å². The fraction of sp³-hybridized carbons (Fsp3) is 0.429. The molecule has 3 N–H and O–H groups in total. The van der Waals surface area contributed by atoms with E-state index in [2.05, 4.69) is 22.9 Å². The van der Waals surface area contributed by atoms with Crippen molar-refractivity contribution in [1.29, 1.82) is 0 Å². The molecule has 1 aromatic carbocycles. The van der Waals surface area contributed by atoms with Crippen LogP contribution in [0.4, 0.5) is 4.79 Å². The summed E-state index contributed by atoms with van der Waals surface area (Å²) in [6.07, 6.45) is 4.09. The van der Waals surface area contributed by atoms with Crippen LogP contribution in [0.3, 0.4) is 0 Å². The number of halogens is 1. The molecular formula is C21H24ClN3O5S. The second-order valence-electron chi connectivity index (χ2n) is 7.47. The number of carbonyl (C=O) groups excluding carboxylic acids is 4. The molecule has 0 spiro atoms. The summed E-state index contributed by atoms with van der Waals surface area (Å²) < 4.78 is 5.68. The van der Waals surface area contributed by atoms with Crippen LogP contribution >= 0.6 is 22.9 Å². The predicted molar refractivity (Wildman–Crippen MR) is 118 cm³/mol. The third-order valence-electron chi connectivity index (χ3n) is 5.18. The molecule has 0 saturated heterocycles. The van der Waals surface area contributed by atoms with E-state index in [1.807, 2.05) is 24.3 Å². The lowest BCUT2D eigenvalue weighted by Gasteiger charge is -2.29. The molecule has 1 heterocycles. The highest BCUT2D eigenvalue weighted by Gasteiger charge is 2.23. The third-order valence-corrected chi connectivity index (χ3v) is 6.85. The van der Waals surface area contributed by atoms with Crippen molar-refractivity contribution in [1.82, 2.24) is 16.0 Å². The minimum absolute atomic E-state index is 0.0278. The van der Waals surface area contributed by atoms with Crippen LogP contribution in [0.25, 0.3) is 10.1 Å². The van der Waals surface area contributed by atoms with Crippen molar-refractivity contribution >= 4 is 56.8 Å². The highest BCUT2D eigenvalue weighted by molar-refractivity contribution is 7.21. The number of fused-ring (bicyclic) bond motifs is 1. The van der Waals surface area contributed by atoms with E-state index in [0.717, 1.165) is 35.8 Å². The molecule has 8 nitrogen and oxygen atoms in total. The Balaban J connectivity index is 1.39. The fourth-order valence-corrected chi connectivity index (χ4v) is 4.92. The number of nitrogens with one attached hydrogen (secondary N) is 3. The molecule has 1 saturated carbocycles. The maximum absolute atomic E-state index is 12.3. The van der Waals surface area contributed by atoms with Gasteiger partial charge in [0.1, 0.15) is 11.4 Å². The highest BCUT2D eigenvalue weighted by Crippen LogP contribution is 2.34. The van der Waals surface area contributed by atoms with E-state index in [4.69, 9.17) is 16.3 Å². The number of thiophene rings is 1. The van der Waals surface area contributed by atoms with Crippen molar-refractivity contribution < 1.29 is 23.9 Å². The van der Waals surface area contributed by atoms with Crippen LogP contribution in [-0.2, 0) is 14.3 Å². The van der Waals surface area contributed by atoms with Gasteiger partial charge in [-0.15, -0.1) is 11.3 Å². The number of imide groups is 1. The summed E-state index contributed by atoms with van der Waals surface area (Å²) in [6.45, 7) is 1.02. The van der Waals surface area contributed by atoms with Crippen molar-refractivity contribution in [2.75, 3.05) is 13.2 Å². The van der Waals surface area contributed by atoms with Crippen molar-refractivity contribution in [2.45, 2.75) is 38.6 Å². The van der Waals surface area contributed by atoms with Gasteiger partial charge in [-0.1, -0.05) is 49.6 Å². The third kappa shape index (κ3) is 6.18. The molecule has 1 fully saturated rings.